The van der Waals surface area contributed by atoms with Gasteiger partial charge in [0.05, 0.1) is 23.3 Å². The minimum atomic E-state index is -0.309. The molecule has 0 N–H and O–H groups in total. The van der Waals surface area contributed by atoms with Gasteiger partial charge >= 0.3 is 5.69 Å². The summed E-state index contributed by atoms with van der Waals surface area (Å²) in [6, 6.07) is 12.1. The first kappa shape index (κ1) is 16.3. The molecule has 0 bridgehead atoms. The third-order valence-electron chi connectivity index (χ3n) is 4.70. The second kappa shape index (κ2) is 5.98. The van der Waals surface area contributed by atoms with Crippen molar-refractivity contribution in [3.05, 3.63) is 75.8 Å². The number of aryl methyl sites for hydroxylation is 3. The summed E-state index contributed by atoms with van der Waals surface area (Å²) >= 11 is 0. The van der Waals surface area contributed by atoms with Gasteiger partial charge in [-0.15, -0.1) is 0 Å². The normalized spacial score (nSPS) is 11.4. The van der Waals surface area contributed by atoms with E-state index in [0.717, 1.165) is 39.2 Å². The lowest BCUT2D eigenvalue weighted by atomic mass is 10.0. The highest BCUT2D eigenvalue weighted by Crippen LogP contribution is 2.29. The van der Waals surface area contributed by atoms with E-state index in [1.807, 2.05) is 38.1 Å². The Labute approximate surface area is 149 Å². The Morgan fingerprint density at radius 1 is 1.12 bits per heavy atom. The van der Waals surface area contributed by atoms with E-state index >= 15 is 0 Å². The minimum absolute atomic E-state index is 0.139. The van der Waals surface area contributed by atoms with Crippen molar-refractivity contribution in [1.82, 2.24) is 14.3 Å². The van der Waals surface area contributed by atoms with E-state index < -0.39 is 0 Å². The van der Waals surface area contributed by atoms with Gasteiger partial charge in [0.1, 0.15) is 11.6 Å². The number of rotatable bonds is 3. The molecule has 0 aliphatic rings. The van der Waals surface area contributed by atoms with Gasteiger partial charge in [-0.2, -0.15) is 0 Å². The van der Waals surface area contributed by atoms with Gasteiger partial charge in [0.2, 0.25) is 0 Å². The van der Waals surface area contributed by atoms with Gasteiger partial charge in [-0.25, -0.2) is 9.18 Å². The Morgan fingerprint density at radius 3 is 2.62 bits per heavy atom. The molecular formula is C20H18FN3O2. The van der Waals surface area contributed by atoms with E-state index in [-0.39, 0.29) is 11.5 Å². The summed E-state index contributed by atoms with van der Waals surface area (Å²) in [6.07, 6.45) is 0. The van der Waals surface area contributed by atoms with Crippen LogP contribution in [0.1, 0.15) is 17.0 Å². The molecule has 0 fully saturated rings. The zero-order valence-electron chi connectivity index (χ0n) is 14.8. The van der Waals surface area contributed by atoms with Crippen molar-refractivity contribution < 1.29 is 8.91 Å². The largest absolute Gasteiger partial charge is 0.361 e. The summed E-state index contributed by atoms with van der Waals surface area (Å²) in [5, 5.41) is 4.00. The predicted octanol–water partition coefficient (Wildman–Crippen LogP) is 3.80. The number of imidazole rings is 1. The van der Waals surface area contributed by atoms with Gasteiger partial charge in [-0.1, -0.05) is 23.4 Å². The molecular weight excluding hydrogens is 333 g/mol. The lowest BCUT2D eigenvalue weighted by Crippen LogP contribution is -2.22. The van der Waals surface area contributed by atoms with Gasteiger partial charge in [0, 0.05) is 12.6 Å². The van der Waals surface area contributed by atoms with Crippen LogP contribution in [0.3, 0.4) is 0 Å². The van der Waals surface area contributed by atoms with Gasteiger partial charge in [0.25, 0.3) is 0 Å². The fourth-order valence-corrected chi connectivity index (χ4v) is 3.43. The van der Waals surface area contributed by atoms with Crippen LogP contribution in [0, 0.1) is 19.7 Å². The predicted molar refractivity (Wildman–Crippen MR) is 97.7 cm³/mol. The van der Waals surface area contributed by atoms with Crippen LogP contribution < -0.4 is 5.69 Å². The highest BCUT2D eigenvalue weighted by atomic mass is 19.1. The summed E-state index contributed by atoms with van der Waals surface area (Å²) in [6.45, 7) is 4.08. The third-order valence-corrected chi connectivity index (χ3v) is 4.70. The molecule has 132 valence electrons. The molecule has 0 radical (unpaired) electrons. The van der Waals surface area contributed by atoms with Gasteiger partial charge in [0.15, 0.2) is 0 Å². The average Bonchev–Trinajstić information content (AvgIpc) is 3.07. The number of aromatic nitrogens is 3. The van der Waals surface area contributed by atoms with Gasteiger partial charge in [-0.05, 0) is 49.2 Å². The molecule has 4 rings (SSSR count). The lowest BCUT2D eigenvalue weighted by Gasteiger charge is -2.05. The van der Waals surface area contributed by atoms with Crippen LogP contribution in [0.15, 0.2) is 51.8 Å². The number of nitrogens with zero attached hydrogens (tertiary/aromatic N) is 3. The highest BCUT2D eigenvalue weighted by Gasteiger charge is 2.16. The summed E-state index contributed by atoms with van der Waals surface area (Å²) in [5.41, 5.74) is 4.92. The minimum Gasteiger partial charge on any atom is -0.361 e. The van der Waals surface area contributed by atoms with Crippen LogP contribution in [0.25, 0.3) is 22.2 Å². The summed E-state index contributed by atoms with van der Waals surface area (Å²) in [5.74, 6) is 0.433. The molecule has 26 heavy (non-hydrogen) atoms. The number of hydrogen-bond acceptors (Lipinski definition) is 3. The molecule has 5 nitrogen and oxygen atoms in total. The van der Waals surface area contributed by atoms with Gasteiger partial charge in [-0.3, -0.25) is 9.13 Å². The first-order valence-electron chi connectivity index (χ1n) is 8.32. The Hall–Kier alpha value is -3.15. The van der Waals surface area contributed by atoms with Crippen molar-refractivity contribution in [2.45, 2.75) is 20.4 Å². The monoisotopic (exact) mass is 351 g/mol. The Morgan fingerprint density at radius 2 is 1.92 bits per heavy atom. The SMILES string of the molecule is Cc1noc(C)c1-c1ccc2c(c1)n(C)c(=O)n2Cc1cccc(F)c1. The van der Waals surface area contributed by atoms with Crippen molar-refractivity contribution >= 4 is 11.0 Å². The van der Waals surface area contributed by atoms with Crippen molar-refractivity contribution in [2.24, 2.45) is 7.05 Å². The summed E-state index contributed by atoms with van der Waals surface area (Å²) < 4.78 is 22.0. The zero-order chi connectivity index (χ0) is 18.4. The molecule has 0 aliphatic heterocycles. The molecule has 0 saturated heterocycles. The smallest absolute Gasteiger partial charge is 0.329 e. The van der Waals surface area contributed by atoms with Crippen LogP contribution in [0.5, 0.6) is 0 Å². The van der Waals surface area contributed by atoms with Crippen LogP contribution >= 0.6 is 0 Å². The molecule has 0 amide bonds. The van der Waals surface area contributed by atoms with E-state index in [0.29, 0.717) is 6.54 Å². The molecule has 0 saturated carbocycles. The number of fused-ring (bicyclic) bond motifs is 1. The van der Waals surface area contributed by atoms with Crippen molar-refractivity contribution in [1.29, 1.82) is 0 Å². The summed E-state index contributed by atoms with van der Waals surface area (Å²) in [4.78, 5) is 12.7. The maximum absolute atomic E-state index is 13.5. The Balaban J connectivity index is 1.86. The fourth-order valence-electron chi connectivity index (χ4n) is 3.43. The second-order valence-corrected chi connectivity index (χ2v) is 6.46. The number of benzene rings is 2. The molecule has 0 spiro atoms. The molecule has 0 aliphatic carbocycles. The van der Waals surface area contributed by atoms with Crippen molar-refractivity contribution in [2.75, 3.05) is 0 Å². The highest BCUT2D eigenvalue weighted by molar-refractivity contribution is 5.83. The van der Waals surface area contributed by atoms with Crippen LogP contribution in [0.2, 0.25) is 0 Å². The van der Waals surface area contributed by atoms with Crippen molar-refractivity contribution in [3.8, 4) is 11.1 Å². The maximum atomic E-state index is 13.5. The Kier molecular flexibility index (Phi) is 3.76. The fraction of sp³-hybridized carbons (Fsp3) is 0.200. The molecule has 2 heterocycles. The lowest BCUT2D eigenvalue weighted by molar-refractivity contribution is 0.393. The molecule has 6 heteroatoms. The summed E-state index contributed by atoms with van der Waals surface area (Å²) in [7, 11) is 1.74. The van der Waals surface area contributed by atoms with E-state index in [1.54, 1.807) is 22.2 Å². The average molecular weight is 351 g/mol. The van der Waals surface area contributed by atoms with Crippen LogP contribution in [-0.2, 0) is 13.6 Å². The first-order valence-corrected chi connectivity index (χ1v) is 8.32. The molecule has 0 atom stereocenters. The van der Waals surface area contributed by atoms with Gasteiger partial charge < -0.3 is 4.52 Å². The molecule has 2 aromatic heterocycles. The van der Waals surface area contributed by atoms with E-state index in [1.165, 1.54) is 12.1 Å². The van der Waals surface area contributed by atoms with E-state index in [4.69, 9.17) is 4.52 Å². The number of halogens is 1. The van der Waals surface area contributed by atoms with Crippen LogP contribution in [-0.4, -0.2) is 14.3 Å². The Bertz CT molecular complexity index is 1160. The van der Waals surface area contributed by atoms with E-state index in [9.17, 15) is 9.18 Å². The third kappa shape index (κ3) is 2.54. The quantitative estimate of drug-likeness (QED) is 0.564. The standard InChI is InChI=1S/C20H18FN3O2/c1-12-19(13(2)26-22-12)15-7-8-17-18(10-15)23(3)20(25)24(17)11-14-5-4-6-16(21)9-14/h4-10H,11H2,1-3H3. The second-order valence-electron chi connectivity index (χ2n) is 6.46. The first-order chi connectivity index (χ1) is 12.5. The molecule has 4 aromatic rings. The molecule has 0 unspecified atom stereocenters. The zero-order valence-corrected chi connectivity index (χ0v) is 14.8. The van der Waals surface area contributed by atoms with E-state index in [2.05, 4.69) is 5.16 Å². The maximum Gasteiger partial charge on any atom is 0.329 e. The number of hydrogen-bond donors (Lipinski definition) is 0. The molecule has 2 aromatic carbocycles. The van der Waals surface area contributed by atoms with Crippen molar-refractivity contribution in [3.63, 3.8) is 0 Å². The van der Waals surface area contributed by atoms with Crippen LogP contribution in [0.4, 0.5) is 4.39 Å². The topological polar surface area (TPSA) is 53.0 Å².